The fourth-order valence-corrected chi connectivity index (χ4v) is 2.90. The predicted molar refractivity (Wildman–Crippen MR) is 99.7 cm³/mol. The van der Waals surface area contributed by atoms with E-state index >= 15 is 0 Å². The number of carbonyl (C=O) groups is 1. The molecule has 1 fully saturated rings. The lowest BCUT2D eigenvalue weighted by atomic mass is 9.87. The van der Waals surface area contributed by atoms with Crippen LogP contribution >= 0.6 is 0 Å². The fraction of sp³-hybridized carbons (Fsp3) is 0.381. The van der Waals surface area contributed by atoms with Gasteiger partial charge in [-0.15, -0.1) is 0 Å². The Kier molecular flexibility index (Phi) is 7.99. The molecule has 4 nitrogen and oxygen atoms in total. The summed E-state index contributed by atoms with van der Waals surface area (Å²) < 4.78 is 5.18. The molecule has 0 radical (unpaired) electrons. The standard InChI is InChI=1S/C15H21NO3.C6H6/c1-19-14-5-3-2-4-13(14)15(18)16-10-11-6-8-12(17)9-7-11;1-2-4-6-5-3-1/h2-5,11-12,17H,6-10H2,1H3,(H,16,18);1-6H. The summed E-state index contributed by atoms with van der Waals surface area (Å²) >= 11 is 0. The molecule has 0 spiro atoms. The summed E-state index contributed by atoms with van der Waals surface area (Å²) in [6.45, 7) is 0.670. The van der Waals surface area contributed by atoms with Crippen LogP contribution in [0.4, 0.5) is 0 Å². The summed E-state index contributed by atoms with van der Waals surface area (Å²) in [6.07, 6.45) is 3.49. The lowest BCUT2D eigenvalue weighted by Crippen LogP contribution is -2.32. The maximum absolute atomic E-state index is 12.1. The molecule has 1 amide bonds. The monoisotopic (exact) mass is 341 g/mol. The highest BCUT2D eigenvalue weighted by molar-refractivity contribution is 5.96. The molecule has 1 saturated carbocycles. The minimum atomic E-state index is -0.152. The first kappa shape index (κ1) is 19.0. The third-order valence-corrected chi connectivity index (χ3v) is 4.39. The van der Waals surface area contributed by atoms with E-state index < -0.39 is 0 Å². The van der Waals surface area contributed by atoms with Gasteiger partial charge in [0, 0.05) is 6.54 Å². The van der Waals surface area contributed by atoms with Crippen LogP contribution in [-0.2, 0) is 0 Å². The number of amides is 1. The van der Waals surface area contributed by atoms with E-state index in [1.807, 2.05) is 48.5 Å². The molecule has 3 rings (SSSR count). The van der Waals surface area contributed by atoms with Crippen LogP contribution < -0.4 is 10.1 Å². The Bertz CT molecular complexity index is 595. The second-order valence-corrected chi connectivity index (χ2v) is 6.24. The molecule has 25 heavy (non-hydrogen) atoms. The molecular weight excluding hydrogens is 314 g/mol. The van der Waals surface area contributed by atoms with Crippen LogP contribution in [0.3, 0.4) is 0 Å². The quantitative estimate of drug-likeness (QED) is 0.892. The van der Waals surface area contributed by atoms with Crippen LogP contribution in [0.5, 0.6) is 5.75 Å². The van der Waals surface area contributed by atoms with Crippen molar-refractivity contribution < 1.29 is 14.6 Å². The number of benzene rings is 2. The van der Waals surface area contributed by atoms with Gasteiger partial charge in [-0.25, -0.2) is 0 Å². The Hall–Kier alpha value is -2.33. The van der Waals surface area contributed by atoms with Gasteiger partial charge < -0.3 is 15.2 Å². The Morgan fingerprint density at radius 2 is 1.56 bits per heavy atom. The van der Waals surface area contributed by atoms with Crippen molar-refractivity contribution in [1.29, 1.82) is 0 Å². The molecule has 0 aliphatic heterocycles. The van der Waals surface area contributed by atoms with E-state index in [9.17, 15) is 9.90 Å². The van der Waals surface area contributed by atoms with E-state index in [1.54, 1.807) is 19.2 Å². The van der Waals surface area contributed by atoms with Gasteiger partial charge in [-0.2, -0.15) is 0 Å². The average Bonchev–Trinajstić information content (AvgIpc) is 2.69. The van der Waals surface area contributed by atoms with Crippen molar-refractivity contribution in [3.63, 3.8) is 0 Å². The lowest BCUT2D eigenvalue weighted by molar-refractivity contribution is 0.0907. The van der Waals surface area contributed by atoms with Crippen molar-refractivity contribution in [2.45, 2.75) is 31.8 Å². The van der Waals surface area contributed by atoms with Gasteiger partial charge in [-0.1, -0.05) is 48.5 Å². The van der Waals surface area contributed by atoms with E-state index in [0.717, 1.165) is 25.7 Å². The Labute approximate surface area is 149 Å². The van der Waals surface area contributed by atoms with Gasteiger partial charge in [-0.3, -0.25) is 4.79 Å². The van der Waals surface area contributed by atoms with Gasteiger partial charge in [-0.05, 0) is 43.7 Å². The van der Waals surface area contributed by atoms with Crippen molar-refractivity contribution in [3.8, 4) is 5.75 Å². The summed E-state index contributed by atoms with van der Waals surface area (Å²) in [5.74, 6) is 0.977. The summed E-state index contributed by atoms with van der Waals surface area (Å²) in [5.41, 5.74) is 0.570. The van der Waals surface area contributed by atoms with Crippen LogP contribution in [0.1, 0.15) is 36.0 Å². The number of hydrogen-bond acceptors (Lipinski definition) is 3. The number of hydrogen-bond donors (Lipinski definition) is 2. The van der Waals surface area contributed by atoms with Crippen LogP contribution in [0, 0.1) is 5.92 Å². The first-order valence-corrected chi connectivity index (χ1v) is 8.80. The van der Waals surface area contributed by atoms with E-state index in [1.165, 1.54) is 0 Å². The molecule has 2 aromatic carbocycles. The van der Waals surface area contributed by atoms with E-state index in [0.29, 0.717) is 23.8 Å². The molecule has 1 aliphatic rings. The van der Waals surface area contributed by atoms with Crippen molar-refractivity contribution in [2.75, 3.05) is 13.7 Å². The zero-order valence-corrected chi connectivity index (χ0v) is 14.7. The molecular formula is C21H27NO3. The smallest absolute Gasteiger partial charge is 0.255 e. The van der Waals surface area contributed by atoms with E-state index in [4.69, 9.17) is 4.74 Å². The third-order valence-electron chi connectivity index (χ3n) is 4.39. The van der Waals surface area contributed by atoms with Gasteiger partial charge in [0.25, 0.3) is 5.91 Å². The molecule has 0 bridgehead atoms. The zero-order chi connectivity index (χ0) is 17.9. The number of methoxy groups -OCH3 is 1. The highest BCUT2D eigenvalue weighted by Gasteiger charge is 2.20. The molecule has 0 aromatic heterocycles. The van der Waals surface area contributed by atoms with Crippen LogP contribution in [0.25, 0.3) is 0 Å². The maximum Gasteiger partial charge on any atom is 0.255 e. The second kappa shape index (κ2) is 10.5. The topological polar surface area (TPSA) is 58.6 Å². The molecule has 0 unspecified atom stereocenters. The third kappa shape index (κ3) is 6.59. The summed E-state index contributed by atoms with van der Waals surface area (Å²) in [5, 5.41) is 12.4. The highest BCUT2D eigenvalue weighted by Crippen LogP contribution is 2.24. The number of nitrogens with one attached hydrogen (secondary N) is 1. The molecule has 134 valence electrons. The number of carbonyl (C=O) groups excluding carboxylic acids is 1. The van der Waals surface area contributed by atoms with Crippen LogP contribution in [-0.4, -0.2) is 30.8 Å². The van der Waals surface area contributed by atoms with Gasteiger partial charge in [0.05, 0.1) is 18.8 Å². The van der Waals surface area contributed by atoms with Crippen molar-refractivity contribution in [2.24, 2.45) is 5.92 Å². The van der Waals surface area contributed by atoms with E-state index in [2.05, 4.69) is 5.32 Å². The summed E-state index contributed by atoms with van der Waals surface area (Å²) in [6, 6.07) is 19.2. The zero-order valence-electron chi connectivity index (χ0n) is 14.7. The van der Waals surface area contributed by atoms with Crippen molar-refractivity contribution >= 4 is 5.91 Å². The molecule has 4 heteroatoms. The highest BCUT2D eigenvalue weighted by atomic mass is 16.5. The van der Waals surface area contributed by atoms with Gasteiger partial charge >= 0.3 is 0 Å². The molecule has 1 aliphatic carbocycles. The van der Waals surface area contributed by atoms with Crippen molar-refractivity contribution in [1.82, 2.24) is 5.32 Å². The van der Waals surface area contributed by atoms with Crippen LogP contribution in [0.15, 0.2) is 60.7 Å². The second-order valence-electron chi connectivity index (χ2n) is 6.24. The molecule has 0 heterocycles. The Balaban J connectivity index is 0.000000316. The summed E-state index contributed by atoms with van der Waals surface area (Å²) in [4.78, 5) is 12.1. The first-order chi connectivity index (χ1) is 12.2. The largest absolute Gasteiger partial charge is 0.496 e. The SMILES string of the molecule is COc1ccccc1C(=O)NCC1CCC(O)CC1.c1ccccc1. The van der Waals surface area contributed by atoms with Gasteiger partial charge in [0.2, 0.25) is 0 Å². The normalized spacial score (nSPS) is 19.3. The number of ether oxygens (including phenoxy) is 1. The number of aliphatic hydroxyl groups excluding tert-OH is 1. The van der Waals surface area contributed by atoms with Gasteiger partial charge in [0.15, 0.2) is 0 Å². The molecule has 2 N–H and O–H groups in total. The summed E-state index contributed by atoms with van der Waals surface area (Å²) in [7, 11) is 1.56. The maximum atomic E-state index is 12.1. The number of rotatable bonds is 4. The Morgan fingerprint density at radius 3 is 2.12 bits per heavy atom. The number of para-hydroxylation sites is 1. The van der Waals surface area contributed by atoms with E-state index in [-0.39, 0.29) is 12.0 Å². The molecule has 0 atom stereocenters. The minimum absolute atomic E-state index is 0.0939. The first-order valence-electron chi connectivity index (χ1n) is 8.80. The molecule has 0 saturated heterocycles. The Morgan fingerprint density at radius 1 is 1.00 bits per heavy atom. The lowest BCUT2D eigenvalue weighted by Gasteiger charge is -2.25. The number of aliphatic hydroxyl groups is 1. The average molecular weight is 341 g/mol. The molecule has 2 aromatic rings. The van der Waals surface area contributed by atoms with Crippen molar-refractivity contribution in [3.05, 3.63) is 66.2 Å². The van der Waals surface area contributed by atoms with Gasteiger partial charge in [0.1, 0.15) is 5.75 Å². The predicted octanol–water partition coefficient (Wildman–Crippen LogP) is 3.66. The fourth-order valence-electron chi connectivity index (χ4n) is 2.90. The minimum Gasteiger partial charge on any atom is -0.496 e. The van der Waals surface area contributed by atoms with Crippen LogP contribution in [0.2, 0.25) is 0 Å².